The summed E-state index contributed by atoms with van der Waals surface area (Å²) in [6, 6.07) is 4.16. The minimum absolute atomic E-state index is 0.114. The van der Waals surface area contributed by atoms with Gasteiger partial charge < -0.3 is 10.2 Å². The predicted octanol–water partition coefficient (Wildman–Crippen LogP) is 0.744. The number of piperazine rings is 1. The van der Waals surface area contributed by atoms with Crippen LogP contribution in [0.25, 0.3) is 0 Å². The Morgan fingerprint density at radius 2 is 1.96 bits per heavy atom. The van der Waals surface area contributed by atoms with Crippen LogP contribution in [0, 0.1) is 6.92 Å². The summed E-state index contributed by atoms with van der Waals surface area (Å²) in [7, 11) is 0. The van der Waals surface area contributed by atoms with Crippen molar-refractivity contribution in [2.45, 2.75) is 45.2 Å². The van der Waals surface area contributed by atoms with Crippen LogP contribution in [-0.2, 0) is 16.0 Å². The van der Waals surface area contributed by atoms with E-state index < -0.39 is 0 Å². The number of amides is 2. The zero-order valence-electron chi connectivity index (χ0n) is 14.5. The highest BCUT2D eigenvalue weighted by atomic mass is 16.2. The van der Waals surface area contributed by atoms with E-state index in [4.69, 9.17) is 0 Å². The minimum atomic E-state index is -0.121. The van der Waals surface area contributed by atoms with E-state index in [0.717, 1.165) is 37.2 Å². The molecule has 6 nitrogen and oxygen atoms in total. The van der Waals surface area contributed by atoms with Gasteiger partial charge in [0.25, 0.3) is 0 Å². The molecule has 1 aromatic rings. The van der Waals surface area contributed by atoms with Crippen molar-refractivity contribution in [1.82, 2.24) is 20.1 Å². The number of nitrogens with zero attached hydrogens (tertiary/aromatic N) is 3. The van der Waals surface area contributed by atoms with E-state index in [1.807, 2.05) is 30.9 Å². The largest absolute Gasteiger partial charge is 0.352 e. The molecule has 1 saturated heterocycles. The maximum atomic E-state index is 12.4. The van der Waals surface area contributed by atoms with E-state index >= 15 is 0 Å². The maximum Gasteiger partial charge on any atom is 0.237 e. The van der Waals surface area contributed by atoms with Crippen LogP contribution in [-0.4, -0.2) is 64.9 Å². The number of hydrogen-bond acceptors (Lipinski definition) is 4. The fourth-order valence-electron chi connectivity index (χ4n) is 2.96. The third-order valence-electron chi connectivity index (χ3n) is 4.85. The SMILES string of the molecule is Cc1ccc(CC(=O)N2CCN([C@H](C)C(=O)NC3CC3)CC2)cn1. The van der Waals surface area contributed by atoms with Crippen molar-refractivity contribution < 1.29 is 9.59 Å². The number of aromatic nitrogens is 1. The molecule has 2 aliphatic rings. The topological polar surface area (TPSA) is 65.5 Å². The summed E-state index contributed by atoms with van der Waals surface area (Å²) in [6.45, 7) is 6.74. The van der Waals surface area contributed by atoms with E-state index in [9.17, 15) is 9.59 Å². The van der Waals surface area contributed by atoms with Crippen LogP contribution in [0.2, 0.25) is 0 Å². The number of rotatable bonds is 5. The Kier molecular flexibility index (Phi) is 5.14. The van der Waals surface area contributed by atoms with Crippen molar-refractivity contribution in [1.29, 1.82) is 0 Å². The molecule has 2 heterocycles. The fourth-order valence-corrected chi connectivity index (χ4v) is 2.96. The lowest BCUT2D eigenvalue weighted by Gasteiger charge is -2.37. The molecule has 1 atom stereocenters. The summed E-state index contributed by atoms with van der Waals surface area (Å²) in [5.41, 5.74) is 1.91. The number of nitrogens with one attached hydrogen (secondary N) is 1. The van der Waals surface area contributed by atoms with Crippen molar-refractivity contribution in [3.05, 3.63) is 29.6 Å². The summed E-state index contributed by atoms with van der Waals surface area (Å²) in [5.74, 6) is 0.249. The van der Waals surface area contributed by atoms with Gasteiger partial charge in [-0.15, -0.1) is 0 Å². The number of carbonyl (C=O) groups excluding carboxylic acids is 2. The van der Waals surface area contributed by atoms with Gasteiger partial charge in [0.15, 0.2) is 0 Å². The van der Waals surface area contributed by atoms with Crippen molar-refractivity contribution >= 4 is 11.8 Å². The fraction of sp³-hybridized carbons (Fsp3) is 0.611. The van der Waals surface area contributed by atoms with Crippen LogP contribution in [0.5, 0.6) is 0 Å². The molecule has 1 aromatic heterocycles. The molecule has 3 rings (SSSR count). The van der Waals surface area contributed by atoms with Crippen molar-refractivity contribution in [2.75, 3.05) is 26.2 Å². The summed E-state index contributed by atoms with van der Waals surface area (Å²) < 4.78 is 0. The number of carbonyl (C=O) groups is 2. The van der Waals surface area contributed by atoms with Crippen molar-refractivity contribution in [3.63, 3.8) is 0 Å². The standard InChI is InChI=1S/C18H26N4O2/c1-13-3-4-15(12-19-13)11-17(23)22-9-7-21(8-10-22)14(2)18(24)20-16-5-6-16/h3-4,12,14,16H,5-11H2,1-2H3,(H,20,24)/t14-/m1/s1. The van der Waals surface area contributed by atoms with Crippen LogP contribution in [0.4, 0.5) is 0 Å². The maximum absolute atomic E-state index is 12.4. The minimum Gasteiger partial charge on any atom is -0.352 e. The highest BCUT2D eigenvalue weighted by Gasteiger charge is 2.30. The molecule has 0 unspecified atom stereocenters. The molecule has 6 heteroatoms. The lowest BCUT2D eigenvalue weighted by Crippen LogP contribution is -2.55. The molecule has 0 aromatic carbocycles. The van der Waals surface area contributed by atoms with Gasteiger partial charge in [-0.25, -0.2) is 0 Å². The molecule has 0 radical (unpaired) electrons. The first-order valence-corrected chi connectivity index (χ1v) is 8.76. The molecule has 1 saturated carbocycles. The Hall–Kier alpha value is -1.95. The summed E-state index contributed by atoms with van der Waals surface area (Å²) >= 11 is 0. The van der Waals surface area contributed by atoms with Gasteiger partial charge in [0.05, 0.1) is 12.5 Å². The highest BCUT2D eigenvalue weighted by Crippen LogP contribution is 2.19. The molecule has 1 aliphatic heterocycles. The van der Waals surface area contributed by atoms with E-state index in [0.29, 0.717) is 25.6 Å². The van der Waals surface area contributed by atoms with E-state index in [-0.39, 0.29) is 17.9 Å². The van der Waals surface area contributed by atoms with Gasteiger partial charge in [0.2, 0.25) is 11.8 Å². The molecule has 24 heavy (non-hydrogen) atoms. The van der Waals surface area contributed by atoms with Gasteiger partial charge >= 0.3 is 0 Å². The van der Waals surface area contributed by atoms with Gasteiger partial charge in [0, 0.05) is 44.1 Å². The van der Waals surface area contributed by atoms with Crippen LogP contribution in [0.15, 0.2) is 18.3 Å². The van der Waals surface area contributed by atoms with Crippen LogP contribution in [0.3, 0.4) is 0 Å². The highest BCUT2D eigenvalue weighted by molar-refractivity contribution is 5.82. The number of hydrogen-bond donors (Lipinski definition) is 1. The Balaban J connectivity index is 1.46. The number of aryl methyl sites for hydroxylation is 1. The lowest BCUT2D eigenvalue weighted by atomic mass is 10.1. The Morgan fingerprint density at radius 3 is 2.54 bits per heavy atom. The first-order chi connectivity index (χ1) is 11.5. The Labute approximate surface area is 143 Å². The normalized spacial score (nSPS) is 19.8. The predicted molar refractivity (Wildman–Crippen MR) is 91.5 cm³/mol. The van der Waals surface area contributed by atoms with Crippen molar-refractivity contribution in [3.8, 4) is 0 Å². The molecular formula is C18H26N4O2. The molecule has 2 amide bonds. The van der Waals surface area contributed by atoms with E-state index in [1.54, 1.807) is 6.20 Å². The molecule has 0 bridgehead atoms. The van der Waals surface area contributed by atoms with Gasteiger partial charge in [-0.3, -0.25) is 19.5 Å². The van der Waals surface area contributed by atoms with Gasteiger partial charge in [0.1, 0.15) is 0 Å². The second kappa shape index (κ2) is 7.30. The average molecular weight is 330 g/mol. The Bertz CT molecular complexity index is 590. The van der Waals surface area contributed by atoms with Gasteiger partial charge in [-0.1, -0.05) is 6.07 Å². The van der Waals surface area contributed by atoms with E-state index in [1.165, 1.54) is 0 Å². The number of pyridine rings is 1. The van der Waals surface area contributed by atoms with Gasteiger partial charge in [-0.2, -0.15) is 0 Å². The molecular weight excluding hydrogens is 304 g/mol. The molecule has 1 aliphatic carbocycles. The van der Waals surface area contributed by atoms with Crippen LogP contribution < -0.4 is 5.32 Å². The zero-order valence-corrected chi connectivity index (χ0v) is 14.5. The molecule has 2 fully saturated rings. The Morgan fingerprint density at radius 1 is 1.25 bits per heavy atom. The van der Waals surface area contributed by atoms with Gasteiger partial charge in [-0.05, 0) is 38.3 Å². The first kappa shape index (κ1) is 16.9. The second-order valence-electron chi connectivity index (χ2n) is 6.86. The van der Waals surface area contributed by atoms with E-state index in [2.05, 4.69) is 15.2 Å². The first-order valence-electron chi connectivity index (χ1n) is 8.76. The molecule has 130 valence electrons. The monoisotopic (exact) mass is 330 g/mol. The molecule has 0 spiro atoms. The van der Waals surface area contributed by atoms with Crippen molar-refractivity contribution in [2.24, 2.45) is 0 Å². The second-order valence-corrected chi connectivity index (χ2v) is 6.86. The molecule has 1 N–H and O–H groups in total. The quantitative estimate of drug-likeness (QED) is 0.865. The van der Waals surface area contributed by atoms with Crippen LogP contribution >= 0.6 is 0 Å². The van der Waals surface area contributed by atoms with Crippen LogP contribution in [0.1, 0.15) is 31.0 Å². The summed E-state index contributed by atoms with van der Waals surface area (Å²) in [4.78, 5) is 32.8. The summed E-state index contributed by atoms with van der Waals surface area (Å²) in [6.07, 6.45) is 4.38. The zero-order chi connectivity index (χ0) is 17.1. The third-order valence-corrected chi connectivity index (χ3v) is 4.85. The summed E-state index contributed by atoms with van der Waals surface area (Å²) in [5, 5.41) is 3.05. The lowest BCUT2D eigenvalue weighted by molar-refractivity contribution is -0.133. The third kappa shape index (κ3) is 4.32. The smallest absolute Gasteiger partial charge is 0.237 e. The average Bonchev–Trinajstić information content (AvgIpc) is 3.40.